The summed E-state index contributed by atoms with van der Waals surface area (Å²) in [6.07, 6.45) is 2.63. The maximum absolute atomic E-state index is 12.6. The fourth-order valence-electron chi connectivity index (χ4n) is 2.98. The Kier molecular flexibility index (Phi) is 3.79. The Balaban J connectivity index is 1.46. The number of benzene rings is 1. The van der Waals surface area contributed by atoms with Crippen LogP contribution in [0.1, 0.15) is 34.2 Å². The zero-order valence-corrected chi connectivity index (χ0v) is 14.1. The van der Waals surface area contributed by atoms with Gasteiger partial charge in [-0.1, -0.05) is 28.1 Å². The lowest BCUT2D eigenvalue weighted by molar-refractivity contribution is 0.0787. The summed E-state index contributed by atoms with van der Waals surface area (Å²) in [6.45, 7) is 5.07. The smallest absolute Gasteiger partial charge is 0.280 e. The first-order valence-electron chi connectivity index (χ1n) is 8.18. The van der Waals surface area contributed by atoms with E-state index in [2.05, 4.69) is 20.5 Å². The number of rotatable bonds is 3. The molecule has 8 nitrogen and oxygen atoms in total. The second-order valence-corrected chi connectivity index (χ2v) is 6.29. The van der Waals surface area contributed by atoms with Gasteiger partial charge in [0.2, 0.25) is 0 Å². The molecule has 1 atom stereocenters. The van der Waals surface area contributed by atoms with Gasteiger partial charge in [0.05, 0.1) is 12.2 Å². The van der Waals surface area contributed by atoms with Crippen LogP contribution in [0.3, 0.4) is 0 Å². The lowest BCUT2D eigenvalue weighted by Crippen LogP contribution is -2.29. The molecule has 3 aromatic rings. The van der Waals surface area contributed by atoms with Crippen LogP contribution in [0.4, 0.5) is 0 Å². The lowest BCUT2D eigenvalue weighted by Gasteiger charge is -2.16. The van der Waals surface area contributed by atoms with E-state index in [1.807, 2.05) is 36.1 Å². The number of hydrogen-bond donors (Lipinski definition) is 0. The number of carbonyl (C=O) groups excluding carboxylic acids is 1. The van der Waals surface area contributed by atoms with Crippen molar-refractivity contribution in [3.05, 3.63) is 47.4 Å². The normalized spacial score (nSPS) is 17.2. The molecule has 1 saturated heterocycles. The molecule has 1 aliphatic heterocycles. The van der Waals surface area contributed by atoms with Crippen molar-refractivity contribution in [3.63, 3.8) is 0 Å². The fourth-order valence-corrected chi connectivity index (χ4v) is 2.98. The number of likely N-dealkylation sites (tertiary alicyclic amines) is 1. The van der Waals surface area contributed by atoms with Gasteiger partial charge >= 0.3 is 0 Å². The first-order valence-corrected chi connectivity index (χ1v) is 8.18. The third-order valence-electron chi connectivity index (χ3n) is 4.38. The summed E-state index contributed by atoms with van der Waals surface area (Å²) in [4.78, 5) is 18.6. The summed E-state index contributed by atoms with van der Waals surface area (Å²) in [6, 6.07) is 7.75. The highest BCUT2D eigenvalue weighted by Crippen LogP contribution is 2.24. The van der Waals surface area contributed by atoms with E-state index in [1.54, 1.807) is 17.8 Å². The van der Waals surface area contributed by atoms with E-state index in [0.29, 0.717) is 36.1 Å². The molecule has 1 aliphatic rings. The van der Waals surface area contributed by atoms with Crippen molar-refractivity contribution in [1.82, 2.24) is 30.0 Å². The number of aryl methyl sites for hydroxylation is 2. The molecule has 0 aliphatic carbocycles. The minimum atomic E-state index is 0.0513. The van der Waals surface area contributed by atoms with Crippen LogP contribution in [0.15, 0.2) is 35.0 Å². The van der Waals surface area contributed by atoms with Gasteiger partial charge < -0.3 is 9.42 Å². The van der Waals surface area contributed by atoms with Crippen molar-refractivity contribution >= 4 is 5.91 Å². The molecule has 4 rings (SSSR count). The number of amides is 1. The average molecular weight is 338 g/mol. The van der Waals surface area contributed by atoms with Crippen LogP contribution in [-0.2, 0) is 0 Å². The molecular weight excluding hydrogens is 320 g/mol. The molecule has 0 unspecified atom stereocenters. The minimum Gasteiger partial charge on any atom is -0.336 e. The number of hydrogen-bond acceptors (Lipinski definition) is 6. The van der Waals surface area contributed by atoms with Gasteiger partial charge in [-0.15, -0.1) is 5.10 Å². The molecule has 1 fully saturated rings. The summed E-state index contributed by atoms with van der Waals surface area (Å²) in [5.74, 6) is 0.963. The Morgan fingerprint density at radius 1 is 1.24 bits per heavy atom. The average Bonchev–Trinajstić information content (AvgIpc) is 3.34. The van der Waals surface area contributed by atoms with Gasteiger partial charge in [0.25, 0.3) is 11.8 Å². The number of aromatic nitrogens is 5. The van der Waals surface area contributed by atoms with Crippen molar-refractivity contribution in [2.45, 2.75) is 26.3 Å². The van der Waals surface area contributed by atoms with Gasteiger partial charge in [-0.25, -0.2) is 4.68 Å². The Morgan fingerprint density at radius 2 is 2.04 bits per heavy atom. The van der Waals surface area contributed by atoms with Crippen molar-refractivity contribution in [1.29, 1.82) is 0 Å². The van der Waals surface area contributed by atoms with Crippen LogP contribution in [0, 0.1) is 13.8 Å². The second kappa shape index (κ2) is 6.12. The maximum atomic E-state index is 12.6. The fraction of sp³-hybridized carbons (Fsp3) is 0.353. The van der Waals surface area contributed by atoms with E-state index >= 15 is 0 Å². The zero-order valence-electron chi connectivity index (χ0n) is 14.1. The molecule has 0 N–H and O–H groups in total. The van der Waals surface area contributed by atoms with E-state index in [0.717, 1.165) is 12.0 Å². The second-order valence-electron chi connectivity index (χ2n) is 6.29. The van der Waals surface area contributed by atoms with E-state index < -0.39 is 0 Å². The third kappa shape index (κ3) is 3.02. The van der Waals surface area contributed by atoms with E-state index in [-0.39, 0.29) is 11.9 Å². The van der Waals surface area contributed by atoms with E-state index in [9.17, 15) is 4.79 Å². The summed E-state index contributed by atoms with van der Waals surface area (Å²) in [5.41, 5.74) is 2.40. The Bertz CT molecular complexity index is 898. The summed E-state index contributed by atoms with van der Waals surface area (Å²) in [5, 5.41) is 12.0. The van der Waals surface area contributed by atoms with Gasteiger partial charge in [-0.3, -0.25) is 4.79 Å². The van der Waals surface area contributed by atoms with E-state index in [1.165, 1.54) is 0 Å². The molecule has 3 heterocycles. The molecule has 1 amide bonds. The van der Waals surface area contributed by atoms with Crippen molar-refractivity contribution in [2.75, 3.05) is 13.1 Å². The number of carbonyl (C=O) groups is 1. The summed E-state index contributed by atoms with van der Waals surface area (Å²) < 4.78 is 6.89. The van der Waals surface area contributed by atoms with Crippen LogP contribution in [0.25, 0.3) is 11.6 Å². The Morgan fingerprint density at radius 3 is 2.76 bits per heavy atom. The molecule has 128 valence electrons. The molecule has 25 heavy (non-hydrogen) atoms. The van der Waals surface area contributed by atoms with Gasteiger partial charge in [-0.2, -0.15) is 4.98 Å². The third-order valence-corrected chi connectivity index (χ3v) is 4.38. The number of nitrogens with zero attached hydrogens (tertiary/aromatic N) is 6. The molecule has 0 spiro atoms. The maximum Gasteiger partial charge on any atom is 0.280 e. The summed E-state index contributed by atoms with van der Waals surface area (Å²) in [7, 11) is 0. The molecular formula is C17H18N6O2. The van der Waals surface area contributed by atoms with Gasteiger partial charge in [0, 0.05) is 18.7 Å². The van der Waals surface area contributed by atoms with Crippen LogP contribution in [0.5, 0.6) is 0 Å². The highest BCUT2D eigenvalue weighted by molar-refractivity contribution is 5.94. The van der Waals surface area contributed by atoms with Crippen LogP contribution in [0.2, 0.25) is 0 Å². The lowest BCUT2D eigenvalue weighted by atomic mass is 10.1. The van der Waals surface area contributed by atoms with Gasteiger partial charge in [0.15, 0.2) is 11.5 Å². The highest BCUT2D eigenvalue weighted by Gasteiger charge is 2.29. The molecule has 1 aromatic carbocycles. The molecule has 8 heteroatoms. The summed E-state index contributed by atoms with van der Waals surface area (Å²) >= 11 is 0. The predicted octanol–water partition coefficient (Wildman–Crippen LogP) is 2.03. The largest absolute Gasteiger partial charge is 0.336 e. The van der Waals surface area contributed by atoms with Gasteiger partial charge in [-0.05, 0) is 32.4 Å². The van der Waals surface area contributed by atoms with E-state index in [4.69, 9.17) is 4.52 Å². The molecule has 0 saturated carbocycles. The monoisotopic (exact) mass is 338 g/mol. The quantitative estimate of drug-likeness (QED) is 0.726. The molecule has 0 bridgehead atoms. The highest BCUT2D eigenvalue weighted by atomic mass is 16.5. The first kappa shape index (κ1) is 15.5. The Hall–Kier alpha value is -3.03. The minimum absolute atomic E-state index is 0.0513. The first-order chi connectivity index (χ1) is 12.1. The SMILES string of the molecule is Cc1ccc(C(=O)N2CC[C@@H](n3cc(-c4nc(C)no4)nn3)C2)cc1. The van der Waals surface area contributed by atoms with Gasteiger partial charge in [0.1, 0.15) is 0 Å². The van der Waals surface area contributed by atoms with Crippen LogP contribution in [-0.4, -0.2) is 49.0 Å². The van der Waals surface area contributed by atoms with Crippen molar-refractivity contribution < 1.29 is 9.32 Å². The van der Waals surface area contributed by atoms with Crippen molar-refractivity contribution in [2.24, 2.45) is 0 Å². The zero-order chi connectivity index (χ0) is 17.4. The Labute approximate surface area is 144 Å². The predicted molar refractivity (Wildman–Crippen MR) is 88.8 cm³/mol. The molecule has 0 radical (unpaired) electrons. The van der Waals surface area contributed by atoms with Crippen molar-refractivity contribution in [3.8, 4) is 11.6 Å². The van der Waals surface area contributed by atoms with Crippen LogP contribution >= 0.6 is 0 Å². The molecule has 2 aromatic heterocycles. The topological polar surface area (TPSA) is 89.9 Å². The van der Waals surface area contributed by atoms with Crippen LogP contribution < -0.4 is 0 Å². The standard InChI is InChI=1S/C17H18N6O2/c1-11-3-5-13(6-4-11)17(24)22-8-7-14(9-22)23-10-15(19-21-23)16-18-12(2)20-25-16/h3-6,10,14H,7-9H2,1-2H3/t14-/m1/s1.